The van der Waals surface area contributed by atoms with E-state index in [0.717, 1.165) is 17.3 Å². The topological polar surface area (TPSA) is 37.3 Å². The van der Waals surface area contributed by atoms with Crippen molar-refractivity contribution in [3.8, 4) is 0 Å². The van der Waals surface area contributed by atoms with E-state index in [9.17, 15) is 4.79 Å². The average molecular weight is 267 g/mol. The molecule has 0 aliphatic heterocycles. The Morgan fingerprint density at radius 2 is 2.33 bits per heavy atom. The molecule has 1 N–H and O–H groups in total. The molecule has 1 aromatic rings. The minimum Gasteiger partial charge on any atom is -0.478 e. The van der Waals surface area contributed by atoms with E-state index in [1.165, 1.54) is 17.2 Å². The van der Waals surface area contributed by atoms with Gasteiger partial charge < -0.3 is 5.11 Å². The van der Waals surface area contributed by atoms with E-state index in [-0.39, 0.29) is 5.92 Å². The van der Waals surface area contributed by atoms with Crippen molar-refractivity contribution in [3.05, 3.63) is 46.0 Å². The average Bonchev–Trinajstić information content (AvgIpc) is 2.57. The number of benzene rings is 1. The Morgan fingerprint density at radius 3 is 3.07 bits per heavy atom. The van der Waals surface area contributed by atoms with Crippen LogP contribution in [0.2, 0.25) is 0 Å². The molecule has 3 heteroatoms. The van der Waals surface area contributed by atoms with Gasteiger partial charge in [-0.3, -0.25) is 0 Å². The van der Waals surface area contributed by atoms with E-state index in [1.54, 1.807) is 6.08 Å². The summed E-state index contributed by atoms with van der Waals surface area (Å²) >= 11 is 3.43. The number of aliphatic carboxylic acids is 1. The first-order valence-electron chi connectivity index (χ1n) is 4.86. The lowest BCUT2D eigenvalue weighted by molar-refractivity contribution is -0.131. The Kier molecular flexibility index (Phi) is 2.91. The lowest BCUT2D eigenvalue weighted by atomic mass is 10.0. The minimum absolute atomic E-state index is 0.268. The van der Waals surface area contributed by atoms with Gasteiger partial charge in [-0.1, -0.05) is 28.1 Å². The summed E-state index contributed by atoms with van der Waals surface area (Å²) < 4.78 is 1.09. The zero-order valence-electron chi connectivity index (χ0n) is 8.11. The first-order valence-corrected chi connectivity index (χ1v) is 5.65. The van der Waals surface area contributed by atoms with Crippen molar-refractivity contribution in [1.82, 2.24) is 0 Å². The van der Waals surface area contributed by atoms with Crippen LogP contribution >= 0.6 is 15.9 Å². The molecule has 0 amide bonds. The highest BCUT2D eigenvalue weighted by Gasteiger charge is 2.20. The molecule has 1 atom stereocenters. The highest BCUT2D eigenvalue weighted by Crippen LogP contribution is 2.35. The third-order valence-electron chi connectivity index (χ3n) is 2.70. The van der Waals surface area contributed by atoms with E-state index >= 15 is 0 Å². The minimum atomic E-state index is -0.874. The van der Waals surface area contributed by atoms with Crippen molar-refractivity contribution in [2.24, 2.45) is 0 Å². The van der Waals surface area contributed by atoms with Gasteiger partial charge in [0.05, 0.1) is 0 Å². The number of allylic oxidation sites excluding steroid dienone is 1. The maximum atomic E-state index is 10.4. The maximum Gasteiger partial charge on any atom is 0.327 e. The molecular weight excluding hydrogens is 256 g/mol. The zero-order chi connectivity index (χ0) is 10.8. The molecule has 0 saturated heterocycles. The first-order chi connectivity index (χ1) is 7.16. The van der Waals surface area contributed by atoms with E-state index in [2.05, 4.69) is 28.1 Å². The van der Waals surface area contributed by atoms with Gasteiger partial charge in [-0.2, -0.15) is 0 Å². The normalized spacial score (nSPS) is 19.4. The van der Waals surface area contributed by atoms with Crippen LogP contribution in [0.25, 0.3) is 0 Å². The molecule has 0 radical (unpaired) electrons. The number of hydrogen-bond donors (Lipinski definition) is 1. The third kappa shape index (κ3) is 2.29. The van der Waals surface area contributed by atoms with Gasteiger partial charge in [0.25, 0.3) is 0 Å². The van der Waals surface area contributed by atoms with Crippen LogP contribution in [0.1, 0.15) is 23.5 Å². The molecule has 15 heavy (non-hydrogen) atoms. The van der Waals surface area contributed by atoms with Crippen LogP contribution in [0.5, 0.6) is 0 Å². The Morgan fingerprint density at radius 1 is 1.53 bits per heavy atom. The van der Waals surface area contributed by atoms with E-state index in [4.69, 9.17) is 5.11 Å². The van der Waals surface area contributed by atoms with Gasteiger partial charge in [0.15, 0.2) is 0 Å². The smallest absolute Gasteiger partial charge is 0.327 e. The molecule has 0 saturated carbocycles. The summed E-state index contributed by atoms with van der Waals surface area (Å²) in [5, 5.41) is 8.57. The van der Waals surface area contributed by atoms with Crippen molar-refractivity contribution in [2.75, 3.05) is 0 Å². The zero-order valence-corrected chi connectivity index (χ0v) is 9.70. The molecule has 0 fully saturated rings. The molecule has 0 bridgehead atoms. The van der Waals surface area contributed by atoms with Crippen molar-refractivity contribution >= 4 is 21.9 Å². The number of aryl methyl sites for hydroxylation is 1. The summed E-state index contributed by atoms with van der Waals surface area (Å²) in [4.78, 5) is 10.4. The number of rotatable bonds is 2. The number of halogens is 1. The van der Waals surface area contributed by atoms with E-state index < -0.39 is 5.97 Å². The van der Waals surface area contributed by atoms with Gasteiger partial charge in [0.1, 0.15) is 0 Å². The second kappa shape index (κ2) is 4.19. The van der Waals surface area contributed by atoms with Crippen LogP contribution in [0.4, 0.5) is 0 Å². The molecule has 1 aliphatic carbocycles. The van der Waals surface area contributed by atoms with Crippen molar-refractivity contribution in [3.63, 3.8) is 0 Å². The predicted molar refractivity (Wildman–Crippen MR) is 62.0 cm³/mol. The van der Waals surface area contributed by atoms with Gasteiger partial charge in [-0.25, -0.2) is 4.79 Å². The van der Waals surface area contributed by atoms with Gasteiger partial charge >= 0.3 is 5.97 Å². The lowest BCUT2D eigenvalue weighted by Gasteiger charge is -2.05. The Hall–Kier alpha value is -1.09. The summed E-state index contributed by atoms with van der Waals surface area (Å²) in [5.74, 6) is -0.607. The second-order valence-corrected chi connectivity index (χ2v) is 4.60. The van der Waals surface area contributed by atoms with Crippen LogP contribution in [-0.2, 0) is 11.2 Å². The van der Waals surface area contributed by atoms with Crippen LogP contribution < -0.4 is 0 Å². The maximum absolute atomic E-state index is 10.4. The summed E-state index contributed by atoms with van der Waals surface area (Å²) in [6.07, 6.45) is 5.06. The predicted octanol–water partition coefficient (Wildman–Crippen LogP) is 3.12. The fourth-order valence-corrected chi connectivity index (χ4v) is 2.43. The lowest BCUT2D eigenvalue weighted by Crippen LogP contribution is -1.92. The summed E-state index contributed by atoms with van der Waals surface area (Å²) in [6.45, 7) is 0. The van der Waals surface area contributed by atoms with Crippen molar-refractivity contribution < 1.29 is 9.90 Å². The van der Waals surface area contributed by atoms with Gasteiger partial charge in [0, 0.05) is 16.5 Å². The van der Waals surface area contributed by atoms with E-state index in [1.807, 2.05) is 6.07 Å². The summed E-state index contributed by atoms with van der Waals surface area (Å²) in [7, 11) is 0. The Labute approximate surface area is 96.7 Å². The molecule has 1 aromatic carbocycles. The molecular formula is C12H11BrO2. The fraction of sp³-hybridized carbons (Fsp3) is 0.250. The van der Waals surface area contributed by atoms with Crippen molar-refractivity contribution in [1.29, 1.82) is 0 Å². The summed E-state index contributed by atoms with van der Waals surface area (Å²) in [6, 6.07) is 6.19. The molecule has 2 nitrogen and oxygen atoms in total. The highest BCUT2D eigenvalue weighted by molar-refractivity contribution is 9.10. The first kappa shape index (κ1) is 10.4. The van der Waals surface area contributed by atoms with Crippen molar-refractivity contribution in [2.45, 2.75) is 18.8 Å². The van der Waals surface area contributed by atoms with Crippen LogP contribution in [0.15, 0.2) is 34.8 Å². The van der Waals surface area contributed by atoms with E-state index in [0.29, 0.717) is 0 Å². The number of carbonyl (C=O) groups is 1. The molecule has 1 aliphatic rings. The largest absolute Gasteiger partial charge is 0.478 e. The number of hydrogen-bond acceptors (Lipinski definition) is 1. The number of carboxylic acid groups (broad SMARTS) is 1. The standard InChI is InChI=1S/C12H11BrO2/c13-10-4-5-11-8(3-6-12(14)15)1-2-9(11)7-10/h3-8H,1-2H2,(H,14,15). The van der Waals surface area contributed by atoms with Gasteiger partial charge in [0.2, 0.25) is 0 Å². The number of carboxylic acids is 1. The molecule has 1 unspecified atom stereocenters. The third-order valence-corrected chi connectivity index (χ3v) is 3.19. The quantitative estimate of drug-likeness (QED) is 0.836. The highest BCUT2D eigenvalue weighted by atomic mass is 79.9. The Bertz CT molecular complexity index is 424. The van der Waals surface area contributed by atoms with Gasteiger partial charge in [-0.15, -0.1) is 0 Å². The Balaban J connectivity index is 2.25. The molecule has 0 spiro atoms. The molecule has 0 aromatic heterocycles. The molecule has 0 heterocycles. The molecule has 78 valence electrons. The van der Waals surface area contributed by atoms with Crippen LogP contribution in [-0.4, -0.2) is 11.1 Å². The van der Waals surface area contributed by atoms with Gasteiger partial charge in [-0.05, 0) is 36.1 Å². The summed E-state index contributed by atoms with van der Waals surface area (Å²) in [5.41, 5.74) is 2.58. The van der Waals surface area contributed by atoms with Crippen LogP contribution in [0, 0.1) is 0 Å². The van der Waals surface area contributed by atoms with Crippen LogP contribution in [0.3, 0.4) is 0 Å². The second-order valence-electron chi connectivity index (χ2n) is 3.69. The fourth-order valence-electron chi connectivity index (χ4n) is 2.02. The number of fused-ring (bicyclic) bond motifs is 1. The molecule has 2 rings (SSSR count). The SMILES string of the molecule is O=C(O)C=CC1CCc2cc(Br)ccc21. The monoisotopic (exact) mass is 266 g/mol.